The number of rotatable bonds is 3. The molecule has 8 nitrogen and oxygen atoms in total. The van der Waals surface area contributed by atoms with E-state index in [1.54, 1.807) is 0 Å². The van der Waals surface area contributed by atoms with E-state index < -0.39 is 35.0 Å². The van der Waals surface area contributed by atoms with E-state index >= 15 is 0 Å². The fourth-order valence-corrected chi connectivity index (χ4v) is 2.59. The number of hydrogen-bond acceptors (Lipinski definition) is 7. The highest BCUT2D eigenvalue weighted by Gasteiger charge is 2.33. The predicted octanol–water partition coefficient (Wildman–Crippen LogP) is -0.603. The highest BCUT2D eigenvalue weighted by Crippen LogP contribution is 2.44. The second-order valence-corrected chi connectivity index (χ2v) is 5.15. The molecule has 1 aliphatic rings. The van der Waals surface area contributed by atoms with Gasteiger partial charge >= 0.3 is 0 Å². The van der Waals surface area contributed by atoms with E-state index in [0.29, 0.717) is 19.4 Å². The fraction of sp³-hybridized carbons (Fsp3) is 0.333. The molecule has 1 amide bonds. The zero-order chi connectivity index (χ0) is 15.7. The molecule has 0 bridgehead atoms. The van der Waals surface area contributed by atoms with Crippen LogP contribution in [0.5, 0.6) is 23.0 Å². The third-order valence-electron chi connectivity index (χ3n) is 3.33. The lowest BCUT2D eigenvalue weighted by Gasteiger charge is -2.19. The number of aromatic hydroxyl groups is 4. The Morgan fingerprint density at radius 2 is 1.81 bits per heavy atom. The van der Waals surface area contributed by atoms with Crippen molar-refractivity contribution in [2.24, 2.45) is 0 Å². The van der Waals surface area contributed by atoms with Gasteiger partial charge in [0.05, 0.1) is 12.1 Å². The Morgan fingerprint density at radius 1 is 1.19 bits per heavy atom. The van der Waals surface area contributed by atoms with Crippen LogP contribution in [0, 0.1) is 0 Å². The summed E-state index contributed by atoms with van der Waals surface area (Å²) in [6, 6.07) is 0. The van der Waals surface area contributed by atoms with Crippen LogP contribution < -0.4 is 5.30 Å². The average molecular weight is 315 g/mol. The molecule has 0 aromatic heterocycles. The number of carbonyl (C=O) groups excluding carboxylic acids is 2. The summed E-state index contributed by atoms with van der Waals surface area (Å²) >= 11 is 0. The molecule has 0 radical (unpaired) electrons. The van der Waals surface area contributed by atoms with Crippen molar-refractivity contribution in [3.05, 3.63) is 5.56 Å². The summed E-state index contributed by atoms with van der Waals surface area (Å²) in [4.78, 5) is 24.0. The maximum atomic E-state index is 12.4. The van der Waals surface area contributed by atoms with Gasteiger partial charge in [-0.25, -0.2) is 0 Å². The van der Waals surface area contributed by atoms with Crippen LogP contribution in [-0.2, 0) is 9.53 Å². The van der Waals surface area contributed by atoms with E-state index in [-0.39, 0.29) is 17.4 Å². The molecule has 114 valence electrons. The van der Waals surface area contributed by atoms with Crippen molar-refractivity contribution in [1.29, 1.82) is 0 Å². The van der Waals surface area contributed by atoms with Gasteiger partial charge in [-0.05, 0) is 0 Å². The number of nitrogens with zero attached hydrogens (tertiary/aromatic N) is 1. The highest BCUT2D eigenvalue weighted by molar-refractivity contribution is 7.28. The van der Waals surface area contributed by atoms with Gasteiger partial charge in [-0.15, -0.1) is 9.24 Å². The molecule has 1 saturated heterocycles. The maximum absolute atomic E-state index is 12.4. The predicted molar refractivity (Wildman–Crippen MR) is 73.9 cm³/mol. The SMILES string of the molecule is O=COC1CCN(C(=O)c2c(O)c(O)c(O)c(O)c2P)C1. The Labute approximate surface area is 121 Å². The normalized spacial score (nSPS) is 17.8. The van der Waals surface area contributed by atoms with E-state index in [0.717, 1.165) is 0 Å². The van der Waals surface area contributed by atoms with Crippen LogP contribution >= 0.6 is 9.24 Å². The Balaban J connectivity index is 2.35. The van der Waals surface area contributed by atoms with Crippen LogP contribution in [0.15, 0.2) is 0 Å². The van der Waals surface area contributed by atoms with Gasteiger partial charge in [0.2, 0.25) is 11.5 Å². The molecule has 1 aromatic rings. The molecule has 0 aliphatic carbocycles. The van der Waals surface area contributed by atoms with Crippen molar-refractivity contribution >= 4 is 26.9 Å². The standard InChI is InChI=1S/C12H14NO7P/c14-4-20-5-1-2-13(3-5)12(19)6-7(15)8(16)9(17)10(18)11(6)21/h4-5,15-18H,1-3,21H2. The summed E-state index contributed by atoms with van der Waals surface area (Å²) in [5, 5.41) is 38.2. The maximum Gasteiger partial charge on any atom is 0.293 e. The smallest absolute Gasteiger partial charge is 0.293 e. The van der Waals surface area contributed by atoms with Crippen molar-refractivity contribution in [1.82, 2.24) is 4.90 Å². The van der Waals surface area contributed by atoms with Gasteiger partial charge in [0.15, 0.2) is 11.5 Å². The number of amides is 1. The Morgan fingerprint density at radius 3 is 2.43 bits per heavy atom. The molecule has 0 spiro atoms. The second kappa shape index (κ2) is 5.65. The zero-order valence-corrected chi connectivity index (χ0v) is 12.0. The minimum Gasteiger partial charge on any atom is -0.504 e. The Bertz CT molecular complexity index is 575. The van der Waals surface area contributed by atoms with Gasteiger partial charge in [0.1, 0.15) is 6.10 Å². The van der Waals surface area contributed by atoms with Crippen molar-refractivity contribution in [2.75, 3.05) is 13.1 Å². The van der Waals surface area contributed by atoms with Gasteiger partial charge in [-0.1, -0.05) is 0 Å². The summed E-state index contributed by atoms with van der Waals surface area (Å²) in [5.41, 5.74) is -0.334. The topological polar surface area (TPSA) is 128 Å². The molecule has 1 aliphatic heterocycles. The first-order valence-electron chi connectivity index (χ1n) is 6.02. The molecule has 2 rings (SSSR count). The van der Waals surface area contributed by atoms with Gasteiger partial charge in [-0.3, -0.25) is 9.59 Å². The van der Waals surface area contributed by atoms with Crippen LogP contribution in [-0.4, -0.2) is 56.9 Å². The molecule has 1 fully saturated rings. The van der Waals surface area contributed by atoms with Crippen LogP contribution in [0.1, 0.15) is 16.8 Å². The molecule has 4 N–H and O–H groups in total. The Hall–Kier alpha value is -2.21. The minimum atomic E-state index is -0.970. The summed E-state index contributed by atoms with van der Waals surface area (Å²) in [7, 11) is 2.03. The number of benzene rings is 1. The van der Waals surface area contributed by atoms with Crippen LogP contribution in [0.4, 0.5) is 0 Å². The van der Waals surface area contributed by atoms with Crippen LogP contribution in [0.25, 0.3) is 0 Å². The molecule has 2 atom stereocenters. The molecule has 0 saturated carbocycles. The van der Waals surface area contributed by atoms with Crippen molar-refractivity contribution in [3.63, 3.8) is 0 Å². The largest absolute Gasteiger partial charge is 0.504 e. The first kappa shape index (κ1) is 15.2. The summed E-state index contributed by atoms with van der Waals surface area (Å²) in [5.74, 6) is -4.06. The molecule has 2 unspecified atom stereocenters. The van der Waals surface area contributed by atoms with Gasteiger partial charge in [-0.2, -0.15) is 0 Å². The summed E-state index contributed by atoms with van der Waals surface area (Å²) in [6.45, 7) is 0.738. The number of phenolic OH excluding ortho intramolecular Hbond substituents is 4. The molecular formula is C12H14NO7P. The highest BCUT2D eigenvalue weighted by atomic mass is 31.0. The number of likely N-dealkylation sites (tertiary alicyclic amines) is 1. The lowest BCUT2D eigenvalue weighted by atomic mass is 10.1. The molecule has 9 heteroatoms. The van der Waals surface area contributed by atoms with Gasteiger partial charge in [0.25, 0.3) is 12.4 Å². The molecule has 1 heterocycles. The first-order chi connectivity index (χ1) is 9.88. The monoisotopic (exact) mass is 315 g/mol. The van der Waals surface area contributed by atoms with E-state index in [4.69, 9.17) is 4.74 Å². The van der Waals surface area contributed by atoms with Gasteiger partial charge in [0, 0.05) is 18.3 Å². The number of phenols is 4. The average Bonchev–Trinajstić information content (AvgIpc) is 2.92. The van der Waals surface area contributed by atoms with E-state index in [2.05, 4.69) is 0 Å². The molecule has 1 aromatic carbocycles. The molecular weight excluding hydrogens is 301 g/mol. The lowest BCUT2D eigenvalue weighted by molar-refractivity contribution is -0.132. The van der Waals surface area contributed by atoms with E-state index in [1.807, 2.05) is 9.24 Å². The summed E-state index contributed by atoms with van der Waals surface area (Å²) in [6.07, 6.45) is 0.0221. The first-order valence-corrected chi connectivity index (χ1v) is 6.59. The molecule has 21 heavy (non-hydrogen) atoms. The second-order valence-electron chi connectivity index (χ2n) is 4.58. The van der Waals surface area contributed by atoms with Crippen LogP contribution in [0.2, 0.25) is 0 Å². The third kappa shape index (κ3) is 2.54. The van der Waals surface area contributed by atoms with Crippen molar-refractivity contribution in [3.8, 4) is 23.0 Å². The quantitative estimate of drug-likeness (QED) is 0.254. The number of carbonyl (C=O) groups is 2. The Kier molecular flexibility index (Phi) is 4.09. The lowest BCUT2D eigenvalue weighted by Crippen LogP contribution is -2.32. The zero-order valence-electron chi connectivity index (χ0n) is 10.8. The fourth-order valence-electron chi connectivity index (χ4n) is 2.19. The van der Waals surface area contributed by atoms with E-state index in [1.165, 1.54) is 4.90 Å². The number of ether oxygens (including phenoxy) is 1. The van der Waals surface area contributed by atoms with Crippen molar-refractivity contribution < 1.29 is 34.8 Å². The van der Waals surface area contributed by atoms with Crippen molar-refractivity contribution in [2.45, 2.75) is 12.5 Å². The van der Waals surface area contributed by atoms with E-state index in [9.17, 15) is 30.0 Å². The minimum absolute atomic E-state index is 0.132. The summed E-state index contributed by atoms with van der Waals surface area (Å²) < 4.78 is 4.77. The van der Waals surface area contributed by atoms with Crippen LogP contribution in [0.3, 0.4) is 0 Å². The third-order valence-corrected chi connectivity index (χ3v) is 3.89. The number of hydrogen-bond donors (Lipinski definition) is 4. The van der Waals surface area contributed by atoms with Gasteiger partial charge < -0.3 is 30.1 Å².